The molecule has 2 aromatic heterocycles. The van der Waals surface area contributed by atoms with Crippen LogP contribution in [-0.4, -0.2) is 19.7 Å². The van der Waals surface area contributed by atoms with Crippen molar-refractivity contribution < 1.29 is 0 Å². The first kappa shape index (κ1) is 15.3. The van der Waals surface area contributed by atoms with Gasteiger partial charge in [0.15, 0.2) is 5.82 Å². The summed E-state index contributed by atoms with van der Waals surface area (Å²) in [5, 5.41) is 13.3. The lowest BCUT2D eigenvalue weighted by Crippen LogP contribution is -2.11. The van der Waals surface area contributed by atoms with Gasteiger partial charge in [-0.25, -0.2) is 4.98 Å². The van der Waals surface area contributed by atoms with E-state index in [9.17, 15) is 0 Å². The topological polar surface area (TPSA) is 55.6 Å². The fourth-order valence-electron chi connectivity index (χ4n) is 3.05. The zero-order valence-corrected chi connectivity index (χ0v) is 14.9. The predicted octanol–water partition coefficient (Wildman–Crippen LogP) is 3.97. The van der Waals surface area contributed by atoms with Gasteiger partial charge < -0.3 is 9.88 Å². The molecular formula is C18H21N5S. The molecule has 24 heavy (non-hydrogen) atoms. The number of hydrogen-bond donors (Lipinski definition) is 1. The summed E-state index contributed by atoms with van der Waals surface area (Å²) in [6.07, 6.45) is 3.47. The van der Waals surface area contributed by atoms with Gasteiger partial charge in [-0.15, -0.1) is 21.5 Å². The van der Waals surface area contributed by atoms with Crippen LogP contribution in [0.4, 0.5) is 5.69 Å². The summed E-state index contributed by atoms with van der Waals surface area (Å²) in [6.45, 7) is 5.97. The molecule has 1 aromatic carbocycles. The van der Waals surface area contributed by atoms with Crippen molar-refractivity contribution in [3.63, 3.8) is 0 Å². The Morgan fingerprint density at radius 1 is 1.12 bits per heavy atom. The summed E-state index contributed by atoms with van der Waals surface area (Å²) in [6, 6.07) is 8.44. The van der Waals surface area contributed by atoms with Crippen LogP contribution < -0.4 is 5.32 Å². The fraction of sp³-hybridized carbons (Fsp3) is 0.389. The Bertz CT molecular complexity index is 827. The summed E-state index contributed by atoms with van der Waals surface area (Å²) in [5.74, 6) is 2.11. The molecule has 6 heteroatoms. The number of anilines is 1. The molecule has 3 heterocycles. The molecule has 0 saturated heterocycles. The van der Waals surface area contributed by atoms with Crippen molar-refractivity contribution in [3.8, 4) is 11.4 Å². The highest BCUT2D eigenvalue weighted by Gasteiger charge is 2.16. The summed E-state index contributed by atoms with van der Waals surface area (Å²) >= 11 is 1.76. The van der Waals surface area contributed by atoms with Gasteiger partial charge in [0.1, 0.15) is 10.8 Å². The van der Waals surface area contributed by atoms with Gasteiger partial charge in [0.2, 0.25) is 0 Å². The lowest BCUT2D eigenvalue weighted by molar-refractivity contribution is 0.526. The number of benzene rings is 1. The predicted molar refractivity (Wildman–Crippen MR) is 97.3 cm³/mol. The lowest BCUT2D eigenvalue weighted by atomic mass is 10.1. The Balaban J connectivity index is 1.47. The third kappa shape index (κ3) is 2.94. The van der Waals surface area contributed by atoms with Crippen molar-refractivity contribution >= 4 is 17.0 Å². The second-order valence-electron chi connectivity index (χ2n) is 6.23. The first-order valence-corrected chi connectivity index (χ1v) is 9.21. The highest BCUT2D eigenvalue weighted by molar-refractivity contribution is 7.11. The maximum absolute atomic E-state index is 4.57. The van der Waals surface area contributed by atoms with Gasteiger partial charge in [-0.2, -0.15) is 0 Å². The van der Waals surface area contributed by atoms with Crippen LogP contribution in [0.2, 0.25) is 0 Å². The average Bonchev–Trinajstić information content (AvgIpc) is 3.17. The van der Waals surface area contributed by atoms with Gasteiger partial charge in [-0.05, 0) is 51.0 Å². The minimum atomic E-state index is 0.763. The van der Waals surface area contributed by atoms with E-state index in [1.807, 2.05) is 0 Å². The minimum absolute atomic E-state index is 0.763. The number of nitrogens with one attached hydrogen (secondary N) is 1. The fourth-order valence-corrected chi connectivity index (χ4v) is 3.93. The monoisotopic (exact) mass is 339 g/mol. The van der Waals surface area contributed by atoms with Crippen LogP contribution in [0.1, 0.15) is 34.2 Å². The Morgan fingerprint density at radius 3 is 2.71 bits per heavy atom. The first-order chi connectivity index (χ1) is 11.7. The quantitative estimate of drug-likeness (QED) is 0.781. The second-order valence-corrected chi connectivity index (χ2v) is 7.52. The number of nitrogens with zero attached hydrogens (tertiary/aromatic N) is 4. The highest BCUT2D eigenvalue weighted by Crippen LogP contribution is 2.24. The van der Waals surface area contributed by atoms with Crippen molar-refractivity contribution in [3.05, 3.63) is 45.7 Å². The van der Waals surface area contributed by atoms with Gasteiger partial charge in [0, 0.05) is 29.1 Å². The van der Waals surface area contributed by atoms with Crippen LogP contribution in [0.15, 0.2) is 24.3 Å². The van der Waals surface area contributed by atoms with E-state index in [0.717, 1.165) is 53.1 Å². The van der Waals surface area contributed by atoms with E-state index in [1.165, 1.54) is 17.7 Å². The third-order valence-electron chi connectivity index (χ3n) is 4.52. The van der Waals surface area contributed by atoms with E-state index in [4.69, 9.17) is 0 Å². The van der Waals surface area contributed by atoms with E-state index in [1.54, 1.807) is 11.3 Å². The Kier molecular flexibility index (Phi) is 4.06. The van der Waals surface area contributed by atoms with Gasteiger partial charge >= 0.3 is 0 Å². The maximum Gasteiger partial charge on any atom is 0.163 e. The second kappa shape index (κ2) is 6.36. The van der Waals surface area contributed by atoms with Crippen LogP contribution in [0.5, 0.6) is 0 Å². The van der Waals surface area contributed by atoms with Crippen LogP contribution >= 0.6 is 11.3 Å². The first-order valence-electron chi connectivity index (χ1n) is 8.40. The lowest BCUT2D eigenvalue weighted by Gasteiger charge is -2.14. The molecule has 0 aliphatic carbocycles. The van der Waals surface area contributed by atoms with Gasteiger partial charge in [-0.3, -0.25) is 0 Å². The SMILES string of the molecule is Cc1nc(CNc2ccc(-c3nnc4n3CCCC4)cc2)sc1C. The Morgan fingerprint density at radius 2 is 1.96 bits per heavy atom. The van der Waals surface area contributed by atoms with Crippen LogP contribution in [0.25, 0.3) is 11.4 Å². The molecule has 0 amide bonds. The van der Waals surface area contributed by atoms with Crippen LogP contribution in [-0.2, 0) is 19.5 Å². The molecule has 0 saturated carbocycles. The minimum Gasteiger partial charge on any atom is -0.379 e. The van der Waals surface area contributed by atoms with Crippen LogP contribution in [0.3, 0.4) is 0 Å². The number of aromatic nitrogens is 4. The maximum atomic E-state index is 4.57. The number of fused-ring (bicyclic) bond motifs is 1. The summed E-state index contributed by atoms with van der Waals surface area (Å²) in [4.78, 5) is 5.86. The Hall–Kier alpha value is -2.21. The molecule has 5 nitrogen and oxygen atoms in total. The van der Waals surface area contributed by atoms with Gasteiger partial charge in [0.05, 0.1) is 12.2 Å². The van der Waals surface area contributed by atoms with Gasteiger partial charge in [-0.1, -0.05) is 0 Å². The molecule has 0 spiro atoms. The molecule has 1 N–H and O–H groups in total. The number of rotatable bonds is 4. The molecule has 124 valence electrons. The summed E-state index contributed by atoms with van der Waals surface area (Å²) in [7, 11) is 0. The molecule has 0 atom stereocenters. The normalized spacial score (nSPS) is 13.8. The smallest absolute Gasteiger partial charge is 0.163 e. The zero-order valence-electron chi connectivity index (χ0n) is 14.0. The molecule has 1 aliphatic rings. The van der Waals surface area contributed by atoms with Crippen molar-refractivity contribution in [2.45, 2.75) is 46.2 Å². The molecule has 1 aliphatic heterocycles. The average molecular weight is 339 g/mol. The van der Waals surface area contributed by atoms with E-state index in [2.05, 4.69) is 63.2 Å². The van der Waals surface area contributed by atoms with Crippen molar-refractivity contribution in [2.75, 3.05) is 5.32 Å². The molecule has 3 aromatic rings. The molecule has 0 unspecified atom stereocenters. The summed E-state index contributed by atoms with van der Waals surface area (Å²) in [5.41, 5.74) is 3.36. The number of thiazole rings is 1. The molecule has 0 bridgehead atoms. The number of aryl methyl sites for hydroxylation is 3. The molecule has 0 fully saturated rings. The Labute approximate surface area is 145 Å². The van der Waals surface area contributed by atoms with Crippen molar-refractivity contribution in [1.29, 1.82) is 0 Å². The number of hydrogen-bond acceptors (Lipinski definition) is 5. The van der Waals surface area contributed by atoms with E-state index < -0.39 is 0 Å². The largest absolute Gasteiger partial charge is 0.379 e. The van der Waals surface area contributed by atoms with E-state index >= 15 is 0 Å². The van der Waals surface area contributed by atoms with Gasteiger partial charge in [0.25, 0.3) is 0 Å². The molecular weight excluding hydrogens is 318 g/mol. The van der Waals surface area contributed by atoms with E-state index in [-0.39, 0.29) is 0 Å². The molecule has 0 radical (unpaired) electrons. The van der Waals surface area contributed by atoms with Crippen LogP contribution in [0, 0.1) is 13.8 Å². The summed E-state index contributed by atoms with van der Waals surface area (Å²) < 4.78 is 2.26. The highest BCUT2D eigenvalue weighted by atomic mass is 32.1. The standard InChI is InChI=1S/C18H21N5S/c1-12-13(2)24-17(20-12)11-19-15-8-6-14(7-9-15)18-22-21-16-5-3-4-10-23(16)18/h6-9,19H,3-5,10-11H2,1-2H3. The van der Waals surface area contributed by atoms with Crippen molar-refractivity contribution in [2.24, 2.45) is 0 Å². The van der Waals surface area contributed by atoms with E-state index in [0.29, 0.717) is 0 Å². The third-order valence-corrected chi connectivity index (χ3v) is 5.59. The van der Waals surface area contributed by atoms with Crippen molar-refractivity contribution in [1.82, 2.24) is 19.7 Å². The zero-order chi connectivity index (χ0) is 16.5. The molecule has 4 rings (SSSR count).